The molecule has 1 heterocycles. The van der Waals surface area contributed by atoms with Crippen LogP contribution in [0.2, 0.25) is 0 Å². The quantitative estimate of drug-likeness (QED) is 0.162. The molecule has 0 N–H and O–H groups in total. The van der Waals surface area contributed by atoms with E-state index in [-0.39, 0.29) is 10.8 Å². The lowest BCUT2D eigenvalue weighted by Crippen LogP contribution is -2.19. The van der Waals surface area contributed by atoms with Gasteiger partial charge in [0.25, 0.3) is 0 Å². The molecule has 0 unspecified atom stereocenters. The van der Waals surface area contributed by atoms with Crippen molar-refractivity contribution in [2.45, 2.75) is 38.5 Å². The highest BCUT2D eigenvalue weighted by Crippen LogP contribution is 2.58. The van der Waals surface area contributed by atoms with Crippen molar-refractivity contribution in [3.63, 3.8) is 0 Å². The van der Waals surface area contributed by atoms with Crippen molar-refractivity contribution in [1.29, 1.82) is 0 Å². The maximum Gasteiger partial charge on any atom is 0.0540 e. The molecule has 0 bridgehead atoms. The predicted octanol–water partition coefficient (Wildman–Crippen LogP) is 17.1. The molecule has 2 aliphatic rings. The Labute approximate surface area is 368 Å². The van der Waals surface area contributed by atoms with E-state index in [9.17, 15) is 0 Å². The second-order valence-corrected chi connectivity index (χ2v) is 19.1. The van der Waals surface area contributed by atoms with Gasteiger partial charge < -0.3 is 4.90 Å². The Kier molecular flexibility index (Phi) is 8.17. The molecule has 0 atom stereocenters. The first-order chi connectivity index (χ1) is 30.3. The number of hydrogen-bond donors (Lipinski definition) is 0. The van der Waals surface area contributed by atoms with Gasteiger partial charge in [0, 0.05) is 47.9 Å². The van der Waals surface area contributed by atoms with Gasteiger partial charge in [-0.2, -0.15) is 0 Å². The lowest BCUT2D eigenvalue weighted by Gasteiger charge is -2.30. The number of benzene rings is 9. The molecular weight excluding hydrogens is 767 g/mol. The Morgan fingerprint density at radius 3 is 1.71 bits per heavy atom. The Morgan fingerprint density at radius 1 is 0.355 bits per heavy atom. The minimum Gasteiger partial charge on any atom is -0.310 e. The van der Waals surface area contributed by atoms with Gasteiger partial charge in [-0.3, -0.25) is 0 Å². The molecule has 2 aliphatic carbocycles. The van der Waals surface area contributed by atoms with Crippen LogP contribution in [0.25, 0.3) is 75.8 Å². The highest BCUT2D eigenvalue weighted by molar-refractivity contribution is 7.26. The summed E-state index contributed by atoms with van der Waals surface area (Å²) < 4.78 is 2.66. The molecule has 0 fully saturated rings. The molecule has 62 heavy (non-hydrogen) atoms. The third-order valence-electron chi connectivity index (χ3n) is 13.9. The fourth-order valence-corrected chi connectivity index (χ4v) is 12.0. The lowest BCUT2D eigenvalue weighted by molar-refractivity contribution is 0.639. The van der Waals surface area contributed by atoms with E-state index in [4.69, 9.17) is 0 Å². The Morgan fingerprint density at radius 2 is 0.919 bits per heavy atom. The summed E-state index contributed by atoms with van der Waals surface area (Å²) >= 11 is 1.89. The second kappa shape index (κ2) is 13.8. The van der Waals surface area contributed by atoms with Crippen molar-refractivity contribution >= 4 is 48.6 Å². The largest absolute Gasteiger partial charge is 0.310 e. The van der Waals surface area contributed by atoms with Crippen molar-refractivity contribution in [1.82, 2.24) is 0 Å². The van der Waals surface area contributed by atoms with Crippen LogP contribution in [0.5, 0.6) is 0 Å². The Hall–Kier alpha value is -7.00. The van der Waals surface area contributed by atoms with Crippen LogP contribution in [0, 0.1) is 0 Å². The summed E-state index contributed by atoms with van der Waals surface area (Å²) in [7, 11) is 0. The molecule has 12 rings (SSSR count). The number of hydrogen-bond acceptors (Lipinski definition) is 2. The highest BCUT2D eigenvalue weighted by Gasteiger charge is 2.42. The summed E-state index contributed by atoms with van der Waals surface area (Å²) in [5, 5.41) is 2.65. The van der Waals surface area contributed by atoms with E-state index in [0.29, 0.717) is 0 Å². The predicted molar refractivity (Wildman–Crippen MR) is 265 cm³/mol. The van der Waals surface area contributed by atoms with Crippen LogP contribution in [-0.2, 0) is 10.8 Å². The standard InChI is InChI=1S/C60H45NS/c1-59(2)51-26-16-23-44(39-19-9-6-10-20-39)57(51)50-36-49-46-34-33-42(35-52(46)60(3,4)53(49)37-54(50)59)61(55-27-13-11-21-43(55)38-17-7-5-8-18-38)41-31-29-40(30-32-41)45-24-15-25-48-47-22-12-14-28-56(47)62-58(45)48/h5-37H,1-4H3. The SMILES string of the molecule is CC1(C)c2cc(N(c3ccc(-c4cccc5c4sc4ccccc45)cc3)c3ccccc3-c3ccccc3)ccc2-c2cc3c(cc21)C(C)(C)c1cccc(-c2ccccc2)c1-3. The van der Waals surface area contributed by atoms with E-state index in [1.807, 2.05) is 11.3 Å². The molecule has 0 radical (unpaired) electrons. The van der Waals surface area contributed by atoms with Gasteiger partial charge in [0.05, 0.1) is 5.69 Å². The highest BCUT2D eigenvalue weighted by atomic mass is 32.1. The van der Waals surface area contributed by atoms with Crippen LogP contribution in [0.1, 0.15) is 49.9 Å². The van der Waals surface area contributed by atoms with Crippen LogP contribution in [0.3, 0.4) is 0 Å². The van der Waals surface area contributed by atoms with Crippen molar-refractivity contribution in [3.05, 3.63) is 222 Å². The summed E-state index contributed by atoms with van der Waals surface area (Å²) in [4.78, 5) is 2.47. The van der Waals surface area contributed by atoms with Gasteiger partial charge in [0.15, 0.2) is 0 Å². The first kappa shape index (κ1) is 36.8. The Balaban J connectivity index is 1.01. The molecule has 10 aromatic rings. The molecule has 1 aromatic heterocycles. The second-order valence-electron chi connectivity index (χ2n) is 18.1. The van der Waals surface area contributed by atoms with Crippen molar-refractivity contribution in [3.8, 4) is 55.6 Å². The summed E-state index contributed by atoms with van der Waals surface area (Å²) in [6.07, 6.45) is 0. The van der Waals surface area contributed by atoms with E-state index in [2.05, 4.69) is 233 Å². The third kappa shape index (κ3) is 5.46. The zero-order valence-electron chi connectivity index (χ0n) is 35.4. The molecule has 1 nitrogen and oxygen atoms in total. The lowest BCUT2D eigenvalue weighted by atomic mass is 9.77. The summed E-state index contributed by atoms with van der Waals surface area (Å²) in [5.41, 5.74) is 21.6. The molecule has 0 amide bonds. The van der Waals surface area contributed by atoms with Crippen molar-refractivity contribution < 1.29 is 0 Å². The number of rotatable bonds is 6. The van der Waals surface area contributed by atoms with E-state index in [1.165, 1.54) is 98.1 Å². The van der Waals surface area contributed by atoms with Crippen LogP contribution >= 0.6 is 11.3 Å². The minimum atomic E-state index is -0.208. The zero-order chi connectivity index (χ0) is 41.7. The molecule has 0 saturated heterocycles. The zero-order valence-corrected chi connectivity index (χ0v) is 36.2. The van der Waals surface area contributed by atoms with Crippen molar-refractivity contribution in [2.24, 2.45) is 0 Å². The van der Waals surface area contributed by atoms with E-state index >= 15 is 0 Å². The van der Waals surface area contributed by atoms with Crippen LogP contribution in [-0.4, -0.2) is 0 Å². The van der Waals surface area contributed by atoms with E-state index in [1.54, 1.807) is 0 Å². The average Bonchev–Trinajstić information content (AvgIpc) is 3.89. The number of thiophene rings is 1. The number of fused-ring (bicyclic) bond motifs is 9. The number of para-hydroxylation sites is 1. The maximum absolute atomic E-state index is 2.55. The summed E-state index contributed by atoms with van der Waals surface area (Å²) in [5.74, 6) is 0. The number of nitrogens with zero attached hydrogens (tertiary/aromatic N) is 1. The average molecular weight is 812 g/mol. The van der Waals surface area contributed by atoms with Gasteiger partial charge in [0.1, 0.15) is 0 Å². The van der Waals surface area contributed by atoms with Crippen LogP contribution in [0.15, 0.2) is 200 Å². The third-order valence-corrected chi connectivity index (χ3v) is 15.1. The van der Waals surface area contributed by atoms with E-state index in [0.717, 1.165) is 17.1 Å². The van der Waals surface area contributed by atoms with Gasteiger partial charge in [-0.1, -0.05) is 185 Å². The van der Waals surface area contributed by atoms with Gasteiger partial charge in [-0.15, -0.1) is 11.3 Å². The van der Waals surface area contributed by atoms with Gasteiger partial charge in [-0.05, 0) is 115 Å². The monoisotopic (exact) mass is 811 g/mol. The number of anilines is 3. The molecule has 296 valence electrons. The molecule has 0 spiro atoms. The van der Waals surface area contributed by atoms with Gasteiger partial charge >= 0.3 is 0 Å². The maximum atomic E-state index is 2.55. The molecule has 0 saturated carbocycles. The summed E-state index contributed by atoms with van der Waals surface area (Å²) in [6, 6.07) is 74.5. The molecule has 9 aromatic carbocycles. The fourth-order valence-electron chi connectivity index (χ4n) is 10.7. The Bertz CT molecular complexity index is 3390. The minimum absolute atomic E-state index is 0.118. The smallest absolute Gasteiger partial charge is 0.0540 e. The molecular formula is C60H45NS. The fraction of sp³-hybridized carbons (Fsp3) is 0.100. The van der Waals surface area contributed by atoms with Gasteiger partial charge in [0.2, 0.25) is 0 Å². The normalized spacial score (nSPS) is 14.1. The van der Waals surface area contributed by atoms with Crippen LogP contribution in [0.4, 0.5) is 17.1 Å². The van der Waals surface area contributed by atoms with E-state index < -0.39 is 0 Å². The molecule has 0 aliphatic heterocycles. The van der Waals surface area contributed by atoms with Gasteiger partial charge in [-0.25, -0.2) is 0 Å². The summed E-state index contributed by atoms with van der Waals surface area (Å²) in [6.45, 7) is 9.65. The van der Waals surface area contributed by atoms with Crippen LogP contribution < -0.4 is 4.90 Å². The topological polar surface area (TPSA) is 3.24 Å². The van der Waals surface area contributed by atoms with Crippen molar-refractivity contribution in [2.75, 3.05) is 4.90 Å². The molecule has 2 heteroatoms. The first-order valence-electron chi connectivity index (χ1n) is 21.8. The first-order valence-corrected chi connectivity index (χ1v) is 22.6.